The first-order chi connectivity index (χ1) is 13.8. The van der Waals surface area contributed by atoms with Crippen molar-refractivity contribution in [3.63, 3.8) is 0 Å². The summed E-state index contributed by atoms with van der Waals surface area (Å²) >= 11 is 0. The summed E-state index contributed by atoms with van der Waals surface area (Å²) in [4.78, 5) is 17.0. The molecule has 148 valence electrons. The van der Waals surface area contributed by atoms with Gasteiger partial charge in [0.2, 0.25) is 0 Å². The monoisotopic (exact) mass is 400 g/mol. The van der Waals surface area contributed by atoms with E-state index in [2.05, 4.69) is 15.4 Å². The Bertz CT molecular complexity index is 1150. The van der Waals surface area contributed by atoms with E-state index in [1.165, 1.54) is 12.3 Å². The molecule has 1 atom stereocenters. The Balaban J connectivity index is 1.77. The van der Waals surface area contributed by atoms with Gasteiger partial charge in [-0.25, -0.2) is 9.50 Å². The minimum absolute atomic E-state index is 0.0412. The van der Waals surface area contributed by atoms with Crippen LogP contribution in [0.2, 0.25) is 0 Å². The molecular formula is C20H15F3N4O2. The van der Waals surface area contributed by atoms with Crippen LogP contribution in [0.25, 0.3) is 17.1 Å². The fourth-order valence-electron chi connectivity index (χ4n) is 2.97. The molecule has 0 spiro atoms. The minimum Gasteiger partial charge on any atom is -0.463 e. The summed E-state index contributed by atoms with van der Waals surface area (Å²) in [5.74, 6) is -0.420. The second-order valence-electron chi connectivity index (χ2n) is 6.40. The molecule has 4 rings (SSSR count). The highest BCUT2D eigenvalue weighted by molar-refractivity contribution is 6.00. The number of carbonyl (C=O) groups is 1. The zero-order valence-electron chi connectivity index (χ0n) is 15.1. The lowest BCUT2D eigenvalue weighted by Crippen LogP contribution is -2.26. The number of alkyl halides is 3. The molecule has 0 fully saturated rings. The van der Waals surface area contributed by atoms with E-state index in [0.29, 0.717) is 4.52 Å². The van der Waals surface area contributed by atoms with Crippen LogP contribution >= 0.6 is 0 Å². The highest BCUT2D eigenvalue weighted by Crippen LogP contribution is 2.32. The highest BCUT2D eigenvalue weighted by Gasteiger charge is 2.36. The quantitative estimate of drug-likeness (QED) is 0.548. The first-order valence-corrected chi connectivity index (χ1v) is 8.70. The molecular weight excluding hydrogens is 385 g/mol. The Morgan fingerprint density at radius 3 is 2.59 bits per heavy atom. The summed E-state index contributed by atoms with van der Waals surface area (Å²) in [6.07, 6.45) is -2.28. The van der Waals surface area contributed by atoms with Crippen LogP contribution in [0.5, 0.6) is 0 Å². The maximum absolute atomic E-state index is 13.6. The van der Waals surface area contributed by atoms with Crippen LogP contribution in [-0.2, 0) is 6.18 Å². The second kappa shape index (κ2) is 7.08. The summed E-state index contributed by atoms with van der Waals surface area (Å²) in [5, 5.41) is 6.52. The summed E-state index contributed by atoms with van der Waals surface area (Å²) in [6, 6.07) is 12.7. The van der Waals surface area contributed by atoms with E-state index in [-0.39, 0.29) is 28.7 Å². The van der Waals surface area contributed by atoms with Crippen molar-refractivity contribution in [3.8, 4) is 11.5 Å². The van der Waals surface area contributed by atoms with Gasteiger partial charge >= 0.3 is 6.18 Å². The molecule has 0 bridgehead atoms. The lowest BCUT2D eigenvalue weighted by Gasteiger charge is -2.14. The first-order valence-electron chi connectivity index (χ1n) is 8.70. The third kappa shape index (κ3) is 3.58. The molecule has 1 unspecified atom stereocenters. The molecule has 0 aliphatic carbocycles. The van der Waals surface area contributed by atoms with E-state index in [1.54, 1.807) is 13.0 Å². The maximum Gasteiger partial charge on any atom is 0.433 e. The van der Waals surface area contributed by atoms with Gasteiger partial charge in [0.05, 0.1) is 18.5 Å². The van der Waals surface area contributed by atoms with Gasteiger partial charge in [-0.1, -0.05) is 30.3 Å². The summed E-state index contributed by atoms with van der Waals surface area (Å²) in [5.41, 5.74) is -0.502. The van der Waals surface area contributed by atoms with Gasteiger partial charge in [-0.2, -0.15) is 18.3 Å². The van der Waals surface area contributed by atoms with E-state index < -0.39 is 17.8 Å². The molecule has 9 heteroatoms. The van der Waals surface area contributed by atoms with Crippen molar-refractivity contribution in [3.05, 3.63) is 77.8 Å². The number of hydrogen-bond acceptors (Lipinski definition) is 4. The van der Waals surface area contributed by atoms with Gasteiger partial charge in [0, 0.05) is 0 Å². The predicted octanol–water partition coefficient (Wildman–Crippen LogP) is 4.50. The summed E-state index contributed by atoms with van der Waals surface area (Å²) in [6.45, 7) is 1.78. The fourth-order valence-corrected chi connectivity index (χ4v) is 2.97. The number of halogens is 3. The second-order valence-corrected chi connectivity index (χ2v) is 6.40. The number of furan rings is 1. The number of amides is 1. The zero-order valence-corrected chi connectivity index (χ0v) is 15.1. The average Bonchev–Trinajstić information content (AvgIpc) is 3.37. The molecule has 0 saturated heterocycles. The lowest BCUT2D eigenvalue weighted by atomic mass is 10.1. The van der Waals surface area contributed by atoms with Gasteiger partial charge in [0.25, 0.3) is 5.91 Å². The van der Waals surface area contributed by atoms with Gasteiger partial charge in [-0.3, -0.25) is 4.79 Å². The third-order valence-corrected chi connectivity index (χ3v) is 4.43. The topological polar surface area (TPSA) is 72.4 Å². The van der Waals surface area contributed by atoms with Crippen molar-refractivity contribution < 1.29 is 22.4 Å². The molecule has 1 aromatic carbocycles. The Labute approximate surface area is 163 Å². The maximum atomic E-state index is 13.6. The molecule has 3 aromatic heterocycles. The SMILES string of the molecule is CC(NC(=O)c1cnn2c(C(F)(F)F)cc(-c3ccco3)nc12)c1ccccc1. The zero-order chi connectivity index (χ0) is 20.6. The van der Waals surface area contributed by atoms with Crippen LogP contribution in [0, 0.1) is 0 Å². The summed E-state index contributed by atoms with van der Waals surface area (Å²) < 4.78 is 46.5. The van der Waals surface area contributed by atoms with Crippen LogP contribution in [0.1, 0.15) is 34.6 Å². The molecule has 0 aliphatic rings. The lowest BCUT2D eigenvalue weighted by molar-refractivity contribution is -0.142. The van der Waals surface area contributed by atoms with Crippen molar-refractivity contribution in [2.45, 2.75) is 19.1 Å². The Kier molecular flexibility index (Phi) is 4.57. The molecule has 0 saturated carbocycles. The molecule has 29 heavy (non-hydrogen) atoms. The largest absolute Gasteiger partial charge is 0.463 e. The summed E-state index contributed by atoms with van der Waals surface area (Å²) in [7, 11) is 0. The number of rotatable bonds is 4. The van der Waals surface area contributed by atoms with Gasteiger partial charge in [0.1, 0.15) is 11.3 Å². The van der Waals surface area contributed by atoms with Crippen LogP contribution in [0.15, 0.2) is 65.4 Å². The number of nitrogens with one attached hydrogen (secondary N) is 1. The highest BCUT2D eigenvalue weighted by atomic mass is 19.4. The Hall–Kier alpha value is -3.62. The smallest absolute Gasteiger partial charge is 0.433 e. The van der Waals surface area contributed by atoms with E-state index in [9.17, 15) is 18.0 Å². The molecule has 3 heterocycles. The van der Waals surface area contributed by atoms with Crippen molar-refractivity contribution in [1.29, 1.82) is 0 Å². The number of fused-ring (bicyclic) bond motifs is 1. The average molecular weight is 400 g/mol. The molecule has 4 aromatic rings. The van der Waals surface area contributed by atoms with Crippen LogP contribution < -0.4 is 5.32 Å². The molecule has 1 amide bonds. The van der Waals surface area contributed by atoms with Crippen molar-refractivity contribution in [2.75, 3.05) is 0 Å². The van der Waals surface area contributed by atoms with Gasteiger partial charge < -0.3 is 9.73 Å². The third-order valence-electron chi connectivity index (χ3n) is 4.43. The van der Waals surface area contributed by atoms with Crippen LogP contribution in [0.4, 0.5) is 13.2 Å². The van der Waals surface area contributed by atoms with Gasteiger partial charge in [-0.15, -0.1) is 0 Å². The normalized spacial score (nSPS) is 12.8. The molecule has 1 N–H and O–H groups in total. The van der Waals surface area contributed by atoms with Crippen LogP contribution in [0.3, 0.4) is 0 Å². The molecule has 0 aliphatic heterocycles. The van der Waals surface area contributed by atoms with E-state index >= 15 is 0 Å². The Morgan fingerprint density at radius 1 is 1.17 bits per heavy atom. The van der Waals surface area contributed by atoms with Crippen molar-refractivity contribution in [1.82, 2.24) is 19.9 Å². The first kappa shape index (κ1) is 18.7. The van der Waals surface area contributed by atoms with E-state index in [1.807, 2.05) is 30.3 Å². The van der Waals surface area contributed by atoms with Crippen molar-refractivity contribution >= 4 is 11.6 Å². The molecule has 6 nitrogen and oxygen atoms in total. The van der Waals surface area contributed by atoms with Gasteiger partial charge in [-0.05, 0) is 30.7 Å². The number of benzene rings is 1. The fraction of sp³-hybridized carbons (Fsp3) is 0.150. The minimum atomic E-state index is -4.69. The van der Waals surface area contributed by atoms with Gasteiger partial charge in [0.15, 0.2) is 17.1 Å². The standard InChI is InChI=1S/C20H15F3N4O2/c1-12(13-6-3-2-4-7-13)25-19(28)14-11-24-27-17(20(21,22)23)10-15(26-18(14)27)16-8-5-9-29-16/h2-12H,1H3,(H,25,28). The number of aromatic nitrogens is 3. The number of hydrogen-bond donors (Lipinski definition) is 1. The molecule has 0 radical (unpaired) electrons. The number of nitrogens with zero attached hydrogens (tertiary/aromatic N) is 3. The van der Waals surface area contributed by atoms with E-state index in [0.717, 1.165) is 17.8 Å². The van der Waals surface area contributed by atoms with Crippen molar-refractivity contribution in [2.24, 2.45) is 0 Å². The van der Waals surface area contributed by atoms with E-state index in [4.69, 9.17) is 4.42 Å². The van der Waals surface area contributed by atoms with Crippen LogP contribution in [-0.4, -0.2) is 20.5 Å². The number of carbonyl (C=O) groups excluding carboxylic acids is 1. The Morgan fingerprint density at radius 2 is 1.93 bits per heavy atom. The predicted molar refractivity (Wildman–Crippen MR) is 98.0 cm³/mol.